The number of carbonyl (C=O) groups excluding carboxylic acids is 1. The van der Waals surface area contributed by atoms with Gasteiger partial charge in [-0.2, -0.15) is 0 Å². The molecule has 2 rings (SSSR count). The first-order valence-electron chi connectivity index (χ1n) is 5.14. The first kappa shape index (κ1) is 11.6. The molecule has 88 valence electrons. The molecule has 0 heterocycles. The molecule has 0 aliphatic rings. The average molecular weight is 238 g/mol. The lowest BCUT2D eigenvalue weighted by molar-refractivity contribution is 0.112. The van der Waals surface area contributed by atoms with Crippen molar-refractivity contribution >= 4 is 17.1 Å². The van der Waals surface area contributed by atoms with Crippen LogP contribution in [-0.2, 0) is 6.42 Å². The summed E-state index contributed by atoms with van der Waals surface area (Å²) in [5.74, 6) is -4.06. The van der Waals surface area contributed by atoms with Gasteiger partial charge in [0.15, 0.2) is 23.7 Å². The van der Waals surface area contributed by atoms with E-state index in [-0.39, 0.29) is 16.3 Å². The van der Waals surface area contributed by atoms with E-state index < -0.39 is 17.5 Å². The van der Waals surface area contributed by atoms with Gasteiger partial charge in [-0.25, -0.2) is 13.2 Å². The fraction of sp³-hybridized carbons (Fsp3) is 0.154. The topological polar surface area (TPSA) is 17.1 Å². The molecule has 0 aromatic heterocycles. The highest BCUT2D eigenvalue weighted by Gasteiger charge is 2.16. The first-order chi connectivity index (χ1) is 8.10. The molecule has 17 heavy (non-hydrogen) atoms. The summed E-state index contributed by atoms with van der Waals surface area (Å²) in [4.78, 5) is 11.0. The fourth-order valence-electron chi connectivity index (χ4n) is 1.89. The van der Waals surface area contributed by atoms with Crippen molar-refractivity contribution in [1.82, 2.24) is 0 Å². The molecule has 0 fully saturated rings. The zero-order valence-electron chi connectivity index (χ0n) is 9.06. The number of hydrogen-bond donors (Lipinski definition) is 0. The lowest BCUT2D eigenvalue weighted by Crippen LogP contribution is -1.98. The lowest BCUT2D eigenvalue weighted by atomic mass is 9.98. The Morgan fingerprint density at radius 3 is 2.41 bits per heavy atom. The Morgan fingerprint density at radius 2 is 1.82 bits per heavy atom. The highest BCUT2D eigenvalue weighted by atomic mass is 19.2. The second-order valence-corrected chi connectivity index (χ2v) is 3.69. The van der Waals surface area contributed by atoms with E-state index >= 15 is 0 Å². The molecule has 0 amide bonds. The van der Waals surface area contributed by atoms with Gasteiger partial charge in [-0.05, 0) is 23.4 Å². The van der Waals surface area contributed by atoms with Gasteiger partial charge in [-0.1, -0.05) is 19.1 Å². The molecule has 2 aromatic carbocycles. The molecule has 2 aromatic rings. The van der Waals surface area contributed by atoms with Gasteiger partial charge in [0.25, 0.3) is 0 Å². The molecule has 4 heteroatoms. The van der Waals surface area contributed by atoms with Gasteiger partial charge in [-0.15, -0.1) is 0 Å². The van der Waals surface area contributed by atoms with E-state index in [0.717, 1.165) is 6.07 Å². The monoisotopic (exact) mass is 238 g/mol. The molecule has 0 aliphatic carbocycles. The quantitative estimate of drug-likeness (QED) is 0.576. The Kier molecular flexibility index (Phi) is 2.88. The third-order valence-corrected chi connectivity index (χ3v) is 2.79. The molecule has 0 bridgehead atoms. The number of carbonyl (C=O) groups is 1. The average Bonchev–Trinajstić information content (AvgIpc) is 2.34. The first-order valence-corrected chi connectivity index (χ1v) is 5.14. The summed E-state index contributed by atoms with van der Waals surface area (Å²) in [5, 5.41) is 0.0268. The van der Waals surface area contributed by atoms with Crippen molar-refractivity contribution in [1.29, 1.82) is 0 Å². The number of halogens is 3. The van der Waals surface area contributed by atoms with Crippen molar-refractivity contribution in [3.63, 3.8) is 0 Å². The van der Waals surface area contributed by atoms with Gasteiger partial charge in [0.2, 0.25) is 0 Å². The van der Waals surface area contributed by atoms with Crippen molar-refractivity contribution in [2.75, 3.05) is 0 Å². The van der Waals surface area contributed by atoms with Crippen LogP contribution in [0.4, 0.5) is 13.2 Å². The van der Waals surface area contributed by atoms with Crippen LogP contribution in [0.15, 0.2) is 18.2 Å². The molecule has 0 aliphatic heterocycles. The smallest absolute Gasteiger partial charge is 0.195 e. The van der Waals surface area contributed by atoms with E-state index in [0.29, 0.717) is 18.3 Å². The molecule has 0 saturated heterocycles. The van der Waals surface area contributed by atoms with Gasteiger partial charge >= 0.3 is 0 Å². The lowest BCUT2D eigenvalue weighted by Gasteiger charge is -2.08. The molecule has 1 nitrogen and oxygen atoms in total. The molecular weight excluding hydrogens is 229 g/mol. The predicted octanol–water partition coefficient (Wildman–Crippen LogP) is 3.63. The Hall–Kier alpha value is -1.84. The third-order valence-electron chi connectivity index (χ3n) is 2.79. The molecule has 0 atom stereocenters. The van der Waals surface area contributed by atoms with E-state index in [2.05, 4.69) is 0 Å². The van der Waals surface area contributed by atoms with Gasteiger partial charge in [0, 0.05) is 10.9 Å². The fourth-order valence-corrected chi connectivity index (χ4v) is 1.89. The van der Waals surface area contributed by atoms with Crippen LogP contribution in [0.3, 0.4) is 0 Å². The maximum atomic E-state index is 13.5. The number of aldehydes is 1. The van der Waals surface area contributed by atoms with Crippen molar-refractivity contribution in [3.05, 3.63) is 46.8 Å². The number of rotatable bonds is 2. The van der Waals surface area contributed by atoms with E-state index in [9.17, 15) is 18.0 Å². The van der Waals surface area contributed by atoms with Crippen LogP contribution < -0.4 is 0 Å². The van der Waals surface area contributed by atoms with E-state index in [1.165, 1.54) is 6.07 Å². The number of hydrogen-bond acceptors (Lipinski definition) is 1. The van der Waals surface area contributed by atoms with E-state index in [1.807, 2.05) is 6.92 Å². The van der Waals surface area contributed by atoms with Crippen LogP contribution in [0.25, 0.3) is 10.8 Å². The summed E-state index contributed by atoms with van der Waals surface area (Å²) < 4.78 is 39.7. The Bertz CT molecular complexity index is 605. The minimum absolute atomic E-state index is 0.0804. The third kappa shape index (κ3) is 1.69. The van der Waals surface area contributed by atoms with Crippen LogP contribution in [0.1, 0.15) is 22.8 Å². The zero-order chi connectivity index (χ0) is 12.6. The minimum Gasteiger partial charge on any atom is -0.298 e. The summed E-state index contributed by atoms with van der Waals surface area (Å²) in [6, 6.07) is 3.77. The molecule has 0 N–H and O–H groups in total. The number of fused-ring (bicyclic) bond motifs is 1. The minimum atomic E-state index is -1.52. The maximum Gasteiger partial charge on any atom is 0.195 e. The summed E-state index contributed by atoms with van der Waals surface area (Å²) in [6.07, 6.45) is 1.10. The van der Waals surface area contributed by atoms with Gasteiger partial charge in [0.05, 0.1) is 0 Å². The SMILES string of the molecule is CCc1ccc2c(F)c(F)c(F)cc2c1C=O. The second kappa shape index (κ2) is 4.20. The van der Waals surface area contributed by atoms with Crippen LogP contribution >= 0.6 is 0 Å². The maximum absolute atomic E-state index is 13.5. The highest BCUT2D eigenvalue weighted by Crippen LogP contribution is 2.27. The molecular formula is C13H9F3O. The highest BCUT2D eigenvalue weighted by molar-refractivity contribution is 5.99. The van der Waals surface area contributed by atoms with Gasteiger partial charge < -0.3 is 0 Å². The van der Waals surface area contributed by atoms with Crippen LogP contribution in [0.2, 0.25) is 0 Å². The van der Waals surface area contributed by atoms with Crippen LogP contribution in [0.5, 0.6) is 0 Å². The molecule has 0 unspecified atom stereocenters. The van der Waals surface area contributed by atoms with Crippen molar-refractivity contribution in [3.8, 4) is 0 Å². The molecule has 0 saturated carbocycles. The van der Waals surface area contributed by atoms with E-state index in [4.69, 9.17) is 0 Å². The summed E-state index contributed by atoms with van der Waals surface area (Å²) in [6.45, 7) is 1.82. The standard InChI is InChI=1S/C13H9F3O/c1-2-7-3-4-8-9(10(7)6-17)5-11(14)13(16)12(8)15/h3-6H,2H2,1H3. The van der Waals surface area contributed by atoms with Crippen molar-refractivity contribution < 1.29 is 18.0 Å². The normalized spacial score (nSPS) is 10.8. The van der Waals surface area contributed by atoms with Crippen LogP contribution in [0, 0.1) is 17.5 Å². The Balaban J connectivity index is 2.95. The van der Waals surface area contributed by atoms with Crippen molar-refractivity contribution in [2.24, 2.45) is 0 Å². The Morgan fingerprint density at radius 1 is 1.12 bits per heavy atom. The summed E-state index contributed by atoms with van der Waals surface area (Å²) in [7, 11) is 0. The van der Waals surface area contributed by atoms with Crippen LogP contribution in [-0.4, -0.2) is 6.29 Å². The predicted molar refractivity (Wildman–Crippen MR) is 58.6 cm³/mol. The summed E-state index contributed by atoms with van der Waals surface area (Å²) in [5.41, 5.74) is 0.890. The Labute approximate surface area is 95.9 Å². The number of aryl methyl sites for hydroxylation is 1. The zero-order valence-corrected chi connectivity index (χ0v) is 9.06. The number of benzene rings is 2. The molecule has 0 radical (unpaired) electrons. The van der Waals surface area contributed by atoms with Gasteiger partial charge in [0.1, 0.15) is 0 Å². The largest absolute Gasteiger partial charge is 0.298 e. The van der Waals surface area contributed by atoms with Crippen molar-refractivity contribution in [2.45, 2.75) is 13.3 Å². The second-order valence-electron chi connectivity index (χ2n) is 3.69. The molecule has 0 spiro atoms. The van der Waals surface area contributed by atoms with Gasteiger partial charge in [-0.3, -0.25) is 4.79 Å². The summed E-state index contributed by atoms with van der Waals surface area (Å²) >= 11 is 0. The van der Waals surface area contributed by atoms with E-state index in [1.54, 1.807) is 6.07 Å².